The van der Waals surface area contributed by atoms with Gasteiger partial charge in [0, 0.05) is 25.5 Å². The number of hydrogen-bond donors (Lipinski definition) is 0. The Morgan fingerprint density at radius 1 is 1.40 bits per heavy atom. The first-order valence-corrected chi connectivity index (χ1v) is 5.09. The summed E-state index contributed by atoms with van der Waals surface area (Å²) >= 11 is 0. The SMILES string of the molecule is C[C@@H]1CN(C(=O)n2ccnc2)C[C@H](C)O1. The maximum atomic E-state index is 11.9. The zero-order chi connectivity index (χ0) is 10.8. The summed E-state index contributed by atoms with van der Waals surface area (Å²) in [6, 6.07) is -0.0329. The standard InChI is InChI=1S/C10H15N3O2/c1-8-5-13(6-9(2)15-8)10(14)12-4-3-11-7-12/h3-4,7-9H,5-6H2,1-2H3/t8-,9+. The van der Waals surface area contributed by atoms with Crippen molar-refractivity contribution in [3.05, 3.63) is 18.7 Å². The van der Waals surface area contributed by atoms with E-state index in [1.54, 1.807) is 17.3 Å². The number of rotatable bonds is 0. The van der Waals surface area contributed by atoms with E-state index in [0.717, 1.165) is 0 Å². The number of carbonyl (C=O) groups is 1. The summed E-state index contributed by atoms with van der Waals surface area (Å²) in [7, 11) is 0. The molecule has 1 saturated heterocycles. The Bertz CT molecular complexity index is 326. The highest BCUT2D eigenvalue weighted by molar-refractivity contribution is 5.76. The van der Waals surface area contributed by atoms with Crippen molar-refractivity contribution in [2.45, 2.75) is 26.1 Å². The van der Waals surface area contributed by atoms with E-state index in [1.807, 2.05) is 13.8 Å². The van der Waals surface area contributed by atoms with Crippen LogP contribution in [0.4, 0.5) is 4.79 Å². The van der Waals surface area contributed by atoms with E-state index in [0.29, 0.717) is 13.1 Å². The molecule has 5 nitrogen and oxygen atoms in total. The summed E-state index contributed by atoms with van der Waals surface area (Å²) in [5, 5.41) is 0. The largest absolute Gasteiger partial charge is 0.372 e. The second kappa shape index (κ2) is 4.02. The molecule has 0 spiro atoms. The topological polar surface area (TPSA) is 47.4 Å². The van der Waals surface area contributed by atoms with Gasteiger partial charge >= 0.3 is 6.03 Å². The molecule has 0 saturated carbocycles. The molecule has 15 heavy (non-hydrogen) atoms. The van der Waals surface area contributed by atoms with Gasteiger partial charge in [-0.05, 0) is 13.8 Å². The van der Waals surface area contributed by atoms with Crippen LogP contribution in [0.5, 0.6) is 0 Å². The average molecular weight is 209 g/mol. The van der Waals surface area contributed by atoms with Crippen LogP contribution < -0.4 is 0 Å². The number of imidazole rings is 1. The summed E-state index contributed by atoms with van der Waals surface area (Å²) in [6.07, 6.45) is 4.98. The van der Waals surface area contributed by atoms with E-state index in [-0.39, 0.29) is 18.2 Å². The third-order valence-electron chi connectivity index (χ3n) is 2.42. The van der Waals surface area contributed by atoms with Gasteiger partial charge in [-0.2, -0.15) is 0 Å². The number of morpholine rings is 1. The minimum absolute atomic E-state index is 0.0329. The molecule has 0 aliphatic carbocycles. The molecular formula is C10H15N3O2. The molecule has 1 aromatic rings. The smallest absolute Gasteiger partial charge is 0.329 e. The molecule has 1 aliphatic heterocycles. The van der Waals surface area contributed by atoms with E-state index in [1.165, 1.54) is 10.9 Å². The molecule has 1 aromatic heterocycles. The Labute approximate surface area is 88.7 Å². The van der Waals surface area contributed by atoms with Crippen molar-refractivity contribution in [3.63, 3.8) is 0 Å². The predicted molar refractivity (Wildman–Crippen MR) is 54.6 cm³/mol. The molecule has 0 N–H and O–H groups in total. The lowest BCUT2D eigenvalue weighted by molar-refractivity contribution is -0.0543. The van der Waals surface area contributed by atoms with Crippen LogP contribution in [0.15, 0.2) is 18.7 Å². The normalized spacial score (nSPS) is 26.7. The minimum atomic E-state index is -0.0329. The van der Waals surface area contributed by atoms with Crippen molar-refractivity contribution in [2.75, 3.05) is 13.1 Å². The predicted octanol–water partition coefficient (Wildman–Crippen LogP) is 0.960. The summed E-state index contributed by atoms with van der Waals surface area (Å²) < 4.78 is 7.06. The van der Waals surface area contributed by atoms with E-state index < -0.39 is 0 Å². The van der Waals surface area contributed by atoms with Gasteiger partial charge in [0.25, 0.3) is 0 Å². The van der Waals surface area contributed by atoms with Crippen LogP contribution in [-0.2, 0) is 4.74 Å². The maximum Gasteiger partial charge on any atom is 0.329 e. The molecule has 2 heterocycles. The summed E-state index contributed by atoms with van der Waals surface area (Å²) in [5.41, 5.74) is 0. The van der Waals surface area contributed by atoms with Crippen molar-refractivity contribution in [2.24, 2.45) is 0 Å². The molecule has 1 aliphatic rings. The summed E-state index contributed by atoms with van der Waals surface area (Å²) in [6.45, 7) is 5.23. The molecule has 2 atom stereocenters. The van der Waals surface area contributed by atoms with Crippen LogP contribution >= 0.6 is 0 Å². The van der Waals surface area contributed by atoms with Gasteiger partial charge in [0.05, 0.1) is 12.2 Å². The van der Waals surface area contributed by atoms with E-state index in [9.17, 15) is 4.79 Å². The second-order valence-electron chi connectivity index (χ2n) is 3.91. The first kappa shape index (κ1) is 10.2. The monoisotopic (exact) mass is 209 g/mol. The van der Waals surface area contributed by atoms with Gasteiger partial charge in [0.2, 0.25) is 0 Å². The van der Waals surface area contributed by atoms with Gasteiger partial charge in [-0.25, -0.2) is 9.78 Å². The van der Waals surface area contributed by atoms with Gasteiger partial charge in [-0.1, -0.05) is 0 Å². The van der Waals surface area contributed by atoms with Crippen LogP contribution in [0.2, 0.25) is 0 Å². The van der Waals surface area contributed by atoms with E-state index in [2.05, 4.69) is 4.98 Å². The molecule has 2 rings (SSSR count). The lowest BCUT2D eigenvalue weighted by atomic mass is 10.2. The van der Waals surface area contributed by atoms with Crippen LogP contribution in [0.25, 0.3) is 0 Å². The molecule has 5 heteroatoms. The number of aromatic nitrogens is 2. The first-order valence-electron chi connectivity index (χ1n) is 5.09. The third-order valence-corrected chi connectivity index (χ3v) is 2.42. The van der Waals surface area contributed by atoms with Crippen LogP contribution in [0.1, 0.15) is 13.8 Å². The van der Waals surface area contributed by atoms with Crippen LogP contribution in [0.3, 0.4) is 0 Å². The number of ether oxygens (including phenoxy) is 1. The molecule has 82 valence electrons. The van der Waals surface area contributed by atoms with Crippen molar-refractivity contribution in [1.29, 1.82) is 0 Å². The lowest BCUT2D eigenvalue weighted by Gasteiger charge is -2.35. The molecule has 0 aromatic carbocycles. The fourth-order valence-electron chi connectivity index (χ4n) is 1.87. The zero-order valence-electron chi connectivity index (χ0n) is 8.96. The fourth-order valence-corrected chi connectivity index (χ4v) is 1.87. The Morgan fingerprint density at radius 2 is 2.07 bits per heavy atom. The van der Waals surface area contributed by atoms with Gasteiger partial charge in [-0.3, -0.25) is 4.57 Å². The van der Waals surface area contributed by atoms with Crippen molar-refractivity contribution >= 4 is 6.03 Å². The Morgan fingerprint density at radius 3 is 2.60 bits per heavy atom. The van der Waals surface area contributed by atoms with Crippen molar-refractivity contribution in [3.8, 4) is 0 Å². The van der Waals surface area contributed by atoms with E-state index >= 15 is 0 Å². The lowest BCUT2D eigenvalue weighted by Crippen LogP contribution is -2.49. The fraction of sp³-hybridized carbons (Fsp3) is 0.600. The molecule has 0 radical (unpaired) electrons. The first-order chi connectivity index (χ1) is 7.16. The zero-order valence-corrected chi connectivity index (χ0v) is 8.96. The number of carbonyl (C=O) groups excluding carboxylic acids is 1. The van der Waals surface area contributed by atoms with Gasteiger partial charge in [0.1, 0.15) is 6.33 Å². The highest BCUT2D eigenvalue weighted by atomic mass is 16.5. The molecule has 1 fully saturated rings. The third kappa shape index (κ3) is 2.18. The van der Waals surface area contributed by atoms with Crippen LogP contribution in [-0.4, -0.2) is 45.8 Å². The number of hydrogen-bond acceptors (Lipinski definition) is 3. The molecule has 0 bridgehead atoms. The molecule has 0 unspecified atom stereocenters. The van der Waals surface area contributed by atoms with Crippen LogP contribution in [0, 0.1) is 0 Å². The highest BCUT2D eigenvalue weighted by Gasteiger charge is 2.26. The number of amides is 1. The average Bonchev–Trinajstić information content (AvgIpc) is 2.67. The molecule has 1 amide bonds. The quantitative estimate of drug-likeness (QED) is 0.639. The Kier molecular flexibility index (Phi) is 2.73. The van der Waals surface area contributed by atoms with E-state index in [4.69, 9.17) is 4.74 Å². The Balaban J connectivity index is 2.07. The summed E-state index contributed by atoms with van der Waals surface area (Å²) in [5.74, 6) is 0. The summed E-state index contributed by atoms with van der Waals surface area (Å²) in [4.78, 5) is 17.6. The maximum absolute atomic E-state index is 11.9. The van der Waals surface area contributed by atoms with Crippen molar-refractivity contribution in [1.82, 2.24) is 14.5 Å². The highest BCUT2D eigenvalue weighted by Crippen LogP contribution is 2.11. The van der Waals surface area contributed by atoms with Gasteiger partial charge in [-0.15, -0.1) is 0 Å². The second-order valence-corrected chi connectivity index (χ2v) is 3.91. The van der Waals surface area contributed by atoms with Gasteiger partial charge in [0.15, 0.2) is 0 Å². The van der Waals surface area contributed by atoms with Gasteiger partial charge < -0.3 is 9.64 Å². The number of nitrogens with zero attached hydrogens (tertiary/aromatic N) is 3. The minimum Gasteiger partial charge on any atom is -0.372 e. The van der Waals surface area contributed by atoms with Crippen molar-refractivity contribution < 1.29 is 9.53 Å². The Hall–Kier alpha value is -1.36. The molecular weight excluding hydrogens is 194 g/mol.